The van der Waals surface area contributed by atoms with Gasteiger partial charge in [-0.15, -0.1) is 0 Å². The van der Waals surface area contributed by atoms with E-state index in [1.54, 1.807) is 43.3 Å². The van der Waals surface area contributed by atoms with E-state index in [0.29, 0.717) is 17.7 Å². The number of carbonyl (C=O) groups excluding carboxylic acids is 2. The largest absolute Gasteiger partial charge is 0.395 e. The fourth-order valence-corrected chi connectivity index (χ4v) is 2.15. The van der Waals surface area contributed by atoms with Gasteiger partial charge in [-0.05, 0) is 31.0 Å². The van der Waals surface area contributed by atoms with E-state index in [4.69, 9.17) is 5.11 Å². The molecule has 0 spiro atoms. The highest BCUT2D eigenvalue weighted by atomic mass is 16.3. The lowest BCUT2D eigenvalue weighted by Gasteiger charge is -2.21. The van der Waals surface area contributed by atoms with Crippen LogP contribution in [-0.4, -0.2) is 60.0 Å². The van der Waals surface area contributed by atoms with E-state index in [-0.39, 0.29) is 24.5 Å². The van der Waals surface area contributed by atoms with E-state index >= 15 is 0 Å². The van der Waals surface area contributed by atoms with Crippen molar-refractivity contribution in [2.45, 2.75) is 18.9 Å². The maximum Gasteiger partial charge on any atom is 0.254 e. The van der Waals surface area contributed by atoms with E-state index < -0.39 is 0 Å². The van der Waals surface area contributed by atoms with Crippen molar-refractivity contribution in [1.29, 1.82) is 0 Å². The third-order valence-corrected chi connectivity index (χ3v) is 3.35. The van der Waals surface area contributed by atoms with Crippen LogP contribution in [0.3, 0.4) is 0 Å². The molecule has 0 saturated heterocycles. The lowest BCUT2D eigenvalue weighted by Crippen LogP contribution is -2.35. The van der Waals surface area contributed by atoms with Gasteiger partial charge in [-0.25, -0.2) is 0 Å². The Balaban J connectivity index is 2.21. The van der Waals surface area contributed by atoms with Crippen LogP contribution in [0.25, 0.3) is 0 Å². The molecule has 5 nitrogen and oxygen atoms in total. The van der Waals surface area contributed by atoms with Gasteiger partial charge in [0.1, 0.15) is 0 Å². The van der Waals surface area contributed by atoms with Gasteiger partial charge in [0.2, 0.25) is 0 Å². The van der Waals surface area contributed by atoms with Crippen molar-refractivity contribution >= 4 is 11.8 Å². The Bertz CT molecular complexity index is 510. The van der Waals surface area contributed by atoms with Crippen molar-refractivity contribution in [3.8, 4) is 0 Å². The molecule has 0 aliphatic heterocycles. The normalized spacial score (nSPS) is 13.9. The lowest BCUT2D eigenvalue weighted by molar-refractivity contribution is 0.0707. The van der Waals surface area contributed by atoms with Gasteiger partial charge < -0.3 is 14.9 Å². The lowest BCUT2D eigenvalue weighted by atomic mass is 10.1. The minimum atomic E-state index is -0.125. The van der Waals surface area contributed by atoms with E-state index in [9.17, 15) is 9.59 Å². The maximum atomic E-state index is 12.5. The van der Waals surface area contributed by atoms with Gasteiger partial charge in [0.15, 0.2) is 0 Å². The van der Waals surface area contributed by atoms with Gasteiger partial charge in [0, 0.05) is 37.8 Å². The number of amides is 2. The average Bonchev–Trinajstić information content (AvgIpc) is 3.27. The first-order chi connectivity index (χ1) is 9.54. The van der Waals surface area contributed by atoms with Crippen LogP contribution in [-0.2, 0) is 0 Å². The number of hydrogen-bond donors (Lipinski definition) is 1. The zero-order valence-corrected chi connectivity index (χ0v) is 11.9. The van der Waals surface area contributed by atoms with Crippen LogP contribution in [0.4, 0.5) is 0 Å². The Morgan fingerprint density at radius 2 is 1.80 bits per heavy atom. The van der Waals surface area contributed by atoms with Gasteiger partial charge in [-0.1, -0.05) is 6.07 Å². The average molecular weight is 276 g/mol. The van der Waals surface area contributed by atoms with Crippen LogP contribution < -0.4 is 0 Å². The summed E-state index contributed by atoms with van der Waals surface area (Å²) < 4.78 is 0. The standard InChI is InChI=1S/C15H20N2O3/c1-16(2)14(19)11-4-3-5-12(10-11)15(20)17(8-9-18)13-6-7-13/h3-5,10,13,18H,6-9H2,1-2H3. The predicted molar refractivity (Wildman–Crippen MR) is 75.6 cm³/mol. The van der Waals surface area contributed by atoms with E-state index in [2.05, 4.69) is 0 Å². The first-order valence-electron chi connectivity index (χ1n) is 6.78. The summed E-state index contributed by atoms with van der Waals surface area (Å²) in [5, 5.41) is 9.07. The Kier molecular flexibility index (Phi) is 4.39. The molecule has 108 valence electrons. The second kappa shape index (κ2) is 6.05. The Hall–Kier alpha value is -1.88. The molecule has 1 aromatic rings. The topological polar surface area (TPSA) is 60.9 Å². The maximum absolute atomic E-state index is 12.5. The van der Waals surface area contributed by atoms with Crippen LogP contribution in [0.15, 0.2) is 24.3 Å². The summed E-state index contributed by atoms with van der Waals surface area (Å²) in [6, 6.07) is 6.99. The molecular formula is C15H20N2O3. The molecule has 2 rings (SSSR count). The highest BCUT2D eigenvalue weighted by Gasteiger charge is 2.32. The van der Waals surface area contributed by atoms with E-state index in [0.717, 1.165) is 12.8 Å². The molecule has 20 heavy (non-hydrogen) atoms. The summed E-state index contributed by atoms with van der Waals surface area (Å²) in [5.41, 5.74) is 0.999. The van der Waals surface area contributed by atoms with Crippen LogP contribution in [0.1, 0.15) is 33.6 Å². The molecule has 0 radical (unpaired) electrons. The third-order valence-electron chi connectivity index (χ3n) is 3.35. The first kappa shape index (κ1) is 14.5. The minimum Gasteiger partial charge on any atom is -0.395 e. The van der Waals surface area contributed by atoms with Gasteiger partial charge in [0.25, 0.3) is 11.8 Å². The number of hydrogen-bond acceptors (Lipinski definition) is 3. The zero-order chi connectivity index (χ0) is 14.7. The van der Waals surface area contributed by atoms with Crippen molar-refractivity contribution in [2.24, 2.45) is 0 Å². The smallest absolute Gasteiger partial charge is 0.254 e. The molecule has 0 atom stereocenters. The summed E-state index contributed by atoms with van der Waals surface area (Å²) >= 11 is 0. The summed E-state index contributed by atoms with van der Waals surface area (Å²) in [5.74, 6) is -0.241. The van der Waals surface area contributed by atoms with Crippen LogP contribution in [0.5, 0.6) is 0 Å². The van der Waals surface area contributed by atoms with Crippen LogP contribution >= 0.6 is 0 Å². The molecule has 1 aromatic carbocycles. The van der Waals surface area contributed by atoms with E-state index in [1.807, 2.05) is 0 Å². The second-order valence-corrected chi connectivity index (χ2v) is 5.23. The van der Waals surface area contributed by atoms with Crippen LogP contribution in [0, 0.1) is 0 Å². The molecule has 0 aromatic heterocycles. The van der Waals surface area contributed by atoms with Crippen molar-refractivity contribution in [1.82, 2.24) is 9.80 Å². The summed E-state index contributed by atoms with van der Waals surface area (Å²) in [6.45, 7) is 0.300. The molecular weight excluding hydrogens is 256 g/mol. The Morgan fingerprint density at radius 3 is 2.30 bits per heavy atom. The van der Waals surface area contributed by atoms with E-state index in [1.165, 1.54) is 4.90 Å². The van der Waals surface area contributed by atoms with Gasteiger partial charge >= 0.3 is 0 Å². The summed E-state index contributed by atoms with van der Waals surface area (Å²) in [7, 11) is 3.36. The van der Waals surface area contributed by atoms with Crippen molar-refractivity contribution < 1.29 is 14.7 Å². The van der Waals surface area contributed by atoms with Crippen LogP contribution in [0.2, 0.25) is 0 Å². The highest BCUT2D eigenvalue weighted by Crippen LogP contribution is 2.28. The number of nitrogens with zero attached hydrogens (tertiary/aromatic N) is 2. The Labute approximate surface area is 118 Å². The fourth-order valence-electron chi connectivity index (χ4n) is 2.15. The number of aliphatic hydroxyl groups is 1. The molecule has 0 bridgehead atoms. The second-order valence-electron chi connectivity index (χ2n) is 5.23. The van der Waals surface area contributed by atoms with Crippen molar-refractivity contribution in [3.63, 3.8) is 0 Å². The molecule has 1 saturated carbocycles. The summed E-state index contributed by atoms with van der Waals surface area (Å²) in [4.78, 5) is 27.5. The third kappa shape index (κ3) is 3.17. The number of carbonyl (C=O) groups is 2. The number of benzene rings is 1. The monoisotopic (exact) mass is 276 g/mol. The molecule has 1 aliphatic carbocycles. The number of rotatable bonds is 5. The molecule has 1 fully saturated rings. The van der Waals surface area contributed by atoms with Crippen molar-refractivity contribution in [2.75, 3.05) is 27.2 Å². The van der Waals surface area contributed by atoms with Gasteiger partial charge in [-0.2, -0.15) is 0 Å². The molecule has 5 heteroatoms. The predicted octanol–water partition coefficient (Wildman–Crippen LogP) is 0.985. The summed E-state index contributed by atoms with van der Waals surface area (Å²) in [6.07, 6.45) is 1.98. The molecule has 1 N–H and O–H groups in total. The van der Waals surface area contributed by atoms with Gasteiger partial charge in [0.05, 0.1) is 6.61 Å². The minimum absolute atomic E-state index is 0.0431. The number of aliphatic hydroxyl groups excluding tert-OH is 1. The molecule has 0 unspecified atom stereocenters. The first-order valence-corrected chi connectivity index (χ1v) is 6.78. The quantitative estimate of drug-likeness (QED) is 0.872. The fraction of sp³-hybridized carbons (Fsp3) is 0.467. The Morgan fingerprint density at radius 1 is 1.20 bits per heavy atom. The highest BCUT2D eigenvalue weighted by molar-refractivity contribution is 5.99. The molecule has 1 aliphatic rings. The zero-order valence-electron chi connectivity index (χ0n) is 11.9. The van der Waals surface area contributed by atoms with Gasteiger partial charge in [-0.3, -0.25) is 9.59 Å². The van der Waals surface area contributed by atoms with Crippen molar-refractivity contribution in [3.05, 3.63) is 35.4 Å². The SMILES string of the molecule is CN(C)C(=O)c1cccc(C(=O)N(CCO)C2CC2)c1. The molecule has 2 amide bonds. The molecule has 0 heterocycles.